The molecule has 0 aliphatic carbocycles. The number of halogens is 2. The molecule has 4 nitrogen and oxygen atoms in total. The molecule has 0 aromatic carbocycles. The van der Waals surface area contributed by atoms with Crippen molar-refractivity contribution in [3.05, 3.63) is 22.6 Å². The van der Waals surface area contributed by atoms with Crippen LogP contribution in [0.25, 0.3) is 0 Å². The molecular weight excluding hydrogens is 303 g/mol. The van der Waals surface area contributed by atoms with Gasteiger partial charge in [0.1, 0.15) is 0 Å². The molecule has 2 fully saturated rings. The molecule has 0 amide bonds. The summed E-state index contributed by atoms with van der Waals surface area (Å²) in [4.78, 5) is 6.05. The Kier molecular flexibility index (Phi) is 3.25. The van der Waals surface area contributed by atoms with Crippen LogP contribution in [0.2, 0.25) is 0 Å². The van der Waals surface area contributed by atoms with Crippen molar-refractivity contribution in [1.82, 2.24) is 4.98 Å². The van der Waals surface area contributed by atoms with E-state index in [1.165, 1.54) is 6.07 Å². The predicted molar refractivity (Wildman–Crippen MR) is 68.0 cm³/mol. The molecule has 1 aromatic heterocycles. The summed E-state index contributed by atoms with van der Waals surface area (Å²) in [6.07, 6.45) is 3.38. The SMILES string of the molecule is Fc1cc(Br)cnc1N1CCCC2(C1)OCCO2. The van der Waals surface area contributed by atoms with E-state index >= 15 is 0 Å². The van der Waals surface area contributed by atoms with Crippen LogP contribution in [-0.2, 0) is 9.47 Å². The number of hydrogen-bond donors (Lipinski definition) is 0. The zero-order valence-corrected chi connectivity index (χ0v) is 11.5. The van der Waals surface area contributed by atoms with Crippen molar-refractivity contribution in [1.29, 1.82) is 0 Å². The first-order chi connectivity index (χ1) is 8.69. The smallest absolute Gasteiger partial charge is 0.186 e. The molecule has 3 rings (SSSR count). The van der Waals surface area contributed by atoms with Crippen molar-refractivity contribution >= 4 is 21.7 Å². The maximum Gasteiger partial charge on any atom is 0.186 e. The second-order valence-electron chi connectivity index (χ2n) is 4.59. The van der Waals surface area contributed by atoms with Crippen LogP contribution in [0, 0.1) is 5.82 Å². The van der Waals surface area contributed by atoms with Gasteiger partial charge in [-0.2, -0.15) is 0 Å². The molecule has 2 aliphatic rings. The van der Waals surface area contributed by atoms with E-state index < -0.39 is 5.79 Å². The fourth-order valence-electron chi connectivity index (χ4n) is 2.54. The van der Waals surface area contributed by atoms with E-state index in [2.05, 4.69) is 20.9 Å². The van der Waals surface area contributed by atoms with Gasteiger partial charge in [0, 0.05) is 23.6 Å². The van der Waals surface area contributed by atoms with Crippen LogP contribution >= 0.6 is 15.9 Å². The van der Waals surface area contributed by atoms with Gasteiger partial charge in [-0.1, -0.05) is 0 Å². The quantitative estimate of drug-likeness (QED) is 0.796. The molecule has 2 saturated heterocycles. The molecule has 1 spiro atoms. The molecule has 18 heavy (non-hydrogen) atoms. The van der Waals surface area contributed by atoms with Gasteiger partial charge in [-0.05, 0) is 28.4 Å². The maximum absolute atomic E-state index is 13.9. The lowest BCUT2D eigenvalue weighted by atomic mass is 10.0. The normalized spacial score (nSPS) is 22.7. The van der Waals surface area contributed by atoms with Crippen molar-refractivity contribution < 1.29 is 13.9 Å². The van der Waals surface area contributed by atoms with Gasteiger partial charge in [0.05, 0.1) is 19.8 Å². The molecule has 0 bridgehead atoms. The van der Waals surface area contributed by atoms with Crippen LogP contribution in [0.5, 0.6) is 0 Å². The van der Waals surface area contributed by atoms with Crippen molar-refractivity contribution in [3.63, 3.8) is 0 Å². The Morgan fingerprint density at radius 2 is 2.17 bits per heavy atom. The third-order valence-electron chi connectivity index (χ3n) is 3.32. The Labute approximate surface area is 113 Å². The van der Waals surface area contributed by atoms with E-state index in [0.29, 0.717) is 30.0 Å². The first kappa shape index (κ1) is 12.3. The van der Waals surface area contributed by atoms with E-state index in [0.717, 1.165) is 19.4 Å². The van der Waals surface area contributed by atoms with Crippen molar-refractivity contribution in [2.24, 2.45) is 0 Å². The third kappa shape index (κ3) is 2.24. The second-order valence-corrected chi connectivity index (χ2v) is 5.51. The van der Waals surface area contributed by atoms with Crippen LogP contribution in [-0.4, -0.2) is 37.1 Å². The van der Waals surface area contributed by atoms with E-state index in [9.17, 15) is 4.39 Å². The predicted octanol–water partition coefficient (Wildman–Crippen LogP) is 2.33. The summed E-state index contributed by atoms with van der Waals surface area (Å²) < 4.78 is 25.9. The van der Waals surface area contributed by atoms with Crippen LogP contribution in [0.3, 0.4) is 0 Å². The number of ether oxygens (including phenoxy) is 2. The Hall–Kier alpha value is -0.720. The van der Waals surface area contributed by atoms with Crippen LogP contribution < -0.4 is 4.90 Å². The highest BCUT2D eigenvalue weighted by atomic mass is 79.9. The molecule has 0 unspecified atom stereocenters. The number of pyridine rings is 1. The summed E-state index contributed by atoms with van der Waals surface area (Å²) in [5, 5.41) is 0. The first-order valence-corrected chi connectivity index (χ1v) is 6.82. The lowest BCUT2D eigenvalue weighted by molar-refractivity contribution is -0.161. The number of anilines is 1. The molecular formula is C12H14BrFN2O2. The van der Waals surface area contributed by atoms with E-state index in [4.69, 9.17) is 9.47 Å². The van der Waals surface area contributed by atoms with Gasteiger partial charge < -0.3 is 14.4 Å². The summed E-state index contributed by atoms with van der Waals surface area (Å²) in [6, 6.07) is 1.43. The van der Waals surface area contributed by atoms with Gasteiger partial charge in [-0.3, -0.25) is 0 Å². The van der Waals surface area contributed by atoms with Gasteiger partial charge in [0.15, 0.2) is 17.4 Å². The van der Waals surface area contributed by atoms with Crippen molar-refractivity contribution in [2.75, 3.05) is 31.2 Å². The summed E-state index contributed by atoms with van der Waals surface area (Å²) in [5.74, 6) is -0.504. The molecule has 98 valence electrons. The van der Waals surface area contributed by atoms with Gasteiger partial charge in [0.25, 0.3) is 0 Å². The van der Waals surface area contributed by atoms with Gasteiger partial charge >= 0.3 is 0 Å². The average molecular weight is 317 g/mol. The minimum absolute atomic E-state index is 0.320. The Morgan fingerprint density at radius 3 is 2.89 bits per heavy atom. The van der Waals surface area contributed by atoms with Gasteiger partial charge in [0.2, 0.25) is 0 Å². The molecule has 0 N–H and O–H groups in total. The zero-order valence-electron chi connectivity index (χ0n) is 9.86. The number of hydrogen-bond acceptors (Lipinski definition) is 4. The standard InChI is InChI=1S/C12H14BrFN2O2/c13-9-6-10(14)11(15-7-9)16-3-1-2-12(8-16)17-4-5-18-12/h6-7H,1-5,8H2. The minimum atomic E-state index is -0.556. The van der Waals surface area contributed by atoms with Crippen molar-refractivity contribution in [2.45, 2.75) is 18.6 Å². The molecule has 0 radical (unpaired) electrons. The third-order valence-corrected chi connectivity index (χ3v) is 3.75. The first-order valence-electron chi connectivity index (χ1n) is 6.02. The number of piperidine rings is 1. The van der Waals surface area contributed by atoms with Crippen LogP contribution in [0.15, 0.2) is 16.7 Å². The molecule has 0 atom stereocenters. The monoisotopic (exact) mass is 316 g/mol. The largest absolute Gasteiger partial charge is 0.349 e. The molecule has 0 saturated carbocycles. The maximum atomic E-state index is 13.9. The highest BCUT2D eigenvalue weighted by molar-refractivity contribution is 9.10. The second kappa shape index (κ2) is 4.75. The number of rotatable bonds is 1. The Balaban J connectivity index is 1.83. The number of aromatic nitrogens is 1. The van der Waals surface area contributed by atoms with E-state index in [1.54, 1.807) is 6.20 Å². The molecule has 1 aromatic rings. The minimum Gasteiger partial charge on any atom is -0.349 e. The van der Waals surface area contributed by atoms with E-state index in [1.807, 2.05) is 4.90 Å². The van der Waals surface area contributed by atoms with E-state index in [-0.39, 0.29) is 5.82 Å². The molecule has 3 heterocycles. The van der Waals surface area contributed by atoms with Crippen LogP contribution in [0.4, 0.5) is 10.2 Å². The highest BCUT2D eigenvalue weighted by Gasteiger charge is 2.41. The molecule has 6 heteroatoms. The Morgan fingerprint density at radius 1 is 1.39 bits per heavy atom. The summed E-state index contributed by atoms with van der Waals surface area (Å²) in [5.41, 5.74) is 0. The highest BCUT2D eigenvalue weighted by Crippen LogP contribution is 2.33. The topological polar surface area (TPSA) is 34.6 Å². The summed E-state index contributed by atoms with van der Waals surface area (Å²) in [7, 11) is 0. The Bertz CT molecular complexity index is 452. The van der Waals surface area contributed by atoms with Gasteiger partial charge in [-0.25, -0.2) is 9.37 Å². The van der Waals surface area contributed by atoms with Crippen LogP contribution in [0.1, 0.15) is 12.8 Å². The fraction of sp³-hybridized carbons (Fsp3) is 0.583. The average Bonchev–Trinajstić information content (AvgIpc) is 2.77. The number of nitrogens with zero attached hydrogens (tertiary/aromatic N) is 2. The summed E-state index contributed by atoms with van der Waals surface area (Å²) in [6.45, 7) is 2.55. The van der Waals surface area contributed by atoms with Gasteiger partial charge in [-0.15, -0.1) is 0 Å². The summed E-state index contributed by atoms with van der Waals surface area (Å²) >= 11 is 3.21. The molecule has 2 aliphatic heterocycles. The fourth-order valence-corrected chi connectivity index (χ4v) is 2.84. The lowest BCUT2D eigenvalue weighted by Gasteiger charge is -2.39. The zero-order chi connectivity index (χ0) is 12.6. The van der Waals surface area contributed by atoms with Crippen molar-refractivity contribution in [3.8, 4) is 0 Å². The lowest BCUT2D eigenvalue weighted by Crippen LogP contribution is -2.49.